The van der Waals surface area contributed by atoms with Crippen molar-refractivity contribution in [3.8, 4) is 5.75 Å². The molecular weight excluding hydrogens is 368 g/mol. The van der Waals surface area contributed by atoms with Crippen LogP contribution in [0.2, 0.25) is 0 Å². The molecule has 1 heterocycles. The zero-order chi connectivity index (χ0) is 20.8. The first-order valence-electron chi connectivity index (χ1n) is 9.57. The molecule has 0 aliphatic carbocycles. The quantitative estimate of drug-likeness (QED) is 0.615. The number of fused-ring (bicyclic) bond motifs is 1. The van der Waals surface area contributed by atoms with Crippen molar-refractivity contribution in [3.05, 3.63) is 59.9 Å². The number of ether oxygens (including phenoxy) is 1. The Balaban J connectivity index is 1.60. The Morgan fingerprint density at radius 2 is 1.86 bits per heavy atom. The number of hydrogen-bond donors (Lipinski definition) is 2. The number of para-hydroxylation sites is 2. The zero-order valence-electron chi connectivity index (χ0n) is 16.9. The summed E-state index contributed by atoms with van der Waals surface area (Å²) in [5, 5.41) is 5.79. The van der Waals surface area contributed by atoms with Crippen LogP contribution >= 0.6 is 0 Å². The maximum Gasteiger partial charge on any atom is 0.222 e. The van der Waals surface area contributed by atoms with E-state index in [2.05, 4.69) is 20.2 Å². The Labute approximate surface area is 170 Å². The van der Waals surface area contributed by atoms with Gasteiger partial charge in [-0.1, -0.05) is 24.3 Å². The van der Waals surface area contributed by atoms with Crippen molar-refractivity contribution >= 4 is 22.8 Å². The van der Waals surface area contributed by atoms with Gasteiger partial charge in [0.05, 0.1) is 30.6 Å². The van der Waals surface area contributed by atoms with Crippen LogP contribution in [-0.2, 0) is 16.1 Å². The third-order valence-corrected chi connectivity index (χ3v) is 4.79. The molecule has 2 aromatic carbocycles. The molecule has 1 aromatic heterocycles. The third-order valence-electron chi connectivity index (χ3n) is 4.79. The summed E-state index contributed by atoms with van der Waals surface area (Å²) in [7, 11) is 1.60. The SMILES string of the molecule is COc1ccc(C(CC(=O)NCCn2c(C)nc3ccccc32)NC(C)=O)cc1. The van der Waals surface area contributed by atoms with Crippen LogP contribution in [0, 0.1) is 6.92 Å². The van der Waals surface area contributed by atoms with Crippen LogP contribution in [0.15, 0.2) is 48.5 Å². The fraction of sp³-hybridized carbons (Fsp3) is 0.318. The number of carbonyl (C=O) groups excluding carboxylic acids is 2. The van der Waals surface area contributed by atoms with Crippen molar-refractivity contribution in [1.29, 1.82) is 0 Å². The Morgan fingerprint density at radius 1 is 1.14 bits per heavy atom. The predicted molar refractivity (Wildman–Crippen MR) is 112 cm³/mol. The lowest BCUT2D eigenvalue weighted by atomic mass is 10.0. The predicted octanol–water partition coefficient (Wildman–Crippen LogP) is 2.74. The highest BCUT2D eigenvalue weighted by molar-refractivity contribution is 5.79. The first-order valence-corrected chi connectivity index (χ1v) is 9.57. The number of amides is 2. The molecular formula is C22H26N4O3. The topological polar surface area (TPSA) is 85.2 Å². The molecule has 0 fully saturated rings. The molecule has 3 rings (SSSR count). The van der Waals surface area contributed by atoms with Crippen molar-refractivity contribution in [2.45, 2.75) is 32.9 Å². The highest BCUT2D eigenvalue weighted by atomic mass is 16.5. The van der Waals surface area contributed by atoms with E-state index in [1.54, 1.807) is 7.11 Å². The largest absolute Gasteiger partial charge is 0.497 e. The van der Waals surface area contributed by atoms with Crippen molar-refractivity contribution in [2.75, 3.05) is 13.7 Å². The summed E-state index contributed by atoms with van der Waals surface area (Å²) >= 11 is 0. The minimum absolute atomic E-state index is 0.123. The number of benzene rings is 2. The van der Waals surface area contributed by atoms with Gasteiger partial charge in [-0.05, 0) is 36.8 Å². The minimum atomic E-state index is -0.394. The van der Waals surface area contributed by atoms with E-state index in [9.17, 15) is 9.59 Å². The molecule has 0 spiro atoms. The third kappa shape index (κ3) is 5.13. The Hall–Kier alpha value is -3.35. The highest BCUT2D eigenvalue weighted by Crippen LogP contribution is 2.20. The average molecular weight is 394 g/mol. The number of nitrogens with zero attached hydrogens (tertiary/aromatic N) is 2. The van der Waals surface area contributed by atoms with Crippen molar-refractivity contribution in [2.24, 2.45) is 0 Å². The van der Waals surface area contributed by atoms with Gasteiger partial charge in [0.2, 0.25) is 11.8 Å². The second-order valence-corrected chi connectivity index (χ2v) is 6.88. The van der Waals surface area contributed by atoms with Gasteiger partial charge >= 0.3 is 0 Å². The zero-order valence-corrected chi connectivity index (χ0v) is 16.9. The van der Waals surface area contributed by atoms with Gasteiger partial charge in [0, 0.05) is 20.0 Å². The number of aryl methyl sites for hydroxylation is 1. The van der Waals surface area contributed by atoms with Crippen LogP contribution < -0.4 is 15.4 Å². The molecule has 29 heavy (non-hydrogen) atoms. The summed E-state index contributed by atoms with van der Waals surface area (Å²) in [5.41, 5.74) is 2.85. The van der Waals surface area contributed by atoms with Crippen LogP contribution in [0.5, 0.6) is 5.75 Å². The lowest BCUT2D eigenvalue weighted by Gasteiger charge is -2.18. The van der Waals surface area contributed by atoms with Crippen LogP contribution in [0.25, 0.3) is 11.0 Å². The standard InChI is InChI=1S/C22H26N4O3/c1-15-24-19-6-4-5-7-21(19)26(15)13-12-23-22(28)14-20(25-16(2)27)17-8-10-18(29-3)11-9-17/h4-11,20H,12-14H2,1-3H3,(H,23,28)(H,25,27). The van der Waals surface area contributed by atoms with Gasteiger partial charge in [-0.25, -0.2) is 4.98 Å². The summed E-state index contributed by atoms with van der Waals surface area (Å²) < 4.78 is 7.25. The fourth-order valence-electron chi connectivity index (χ4n) is 3.38. The number of nitrogens with one attached hydrogen (secondary N) is 2. The number of imidazole rings is 1. The average Bonchev–Trinajstić information content (AvgIpc) is 3.02. The van der Waals surface area contributed by atoms with Gasteiger partial charge in [-0.2, -0.15) is 0 Å². The molecule has 7 nitrogen and oxygen atoms in total. The van der Waals surface area contributed by atoms with E-state index in [4.69, 9.17) is 4.74 Å². The van der Waals surface area contributed by atoms with Crippen molar-refractivity contribution in [3.63, 3.8) is 0 Å². The van der Waals surface area contributed by atoms with E-state index in [1.807, 2.05) is 55.5 Å². The number of carbonyl (C=O) groups is 2. The number of rotatable bonds is 8. The minimum Gasteiger partial charge on any atom is -0.497 e. The maximum absolute atomic E-state index is 12.5. The Kier molecular flexibility index (Phi) is 6.49. The summed E-state index contributed by atoms with van der Waals surface area (Å²) in [6.45, 7) is 4.51. The summed E-state index contributed by atoms with van der Waals surface area (Å²) in [6.07, 6.45) is 0.162. The molecule has 0 saturated carbocycles. The second kappa shape index (κ2) is 9.23. The second-order valence-electron chi connectivity index (χ2n) is 6.88. The van der Waals surface area contributed by atoms with Gasteiger partial charge < -0.3 is 19.9 Å². The molecule has 1 atom stereocenters. The maximum atomic E-state index is 12.5. The number of hydrogen-bond acceptors (Lipinski definition) is 4. The van der Waals surface area contributed by atoms with Crippen LogP contribution in [-0.4, -0.2) is 35.0 Å². The fourth-order valence-corrected chi connectivity index (χ4v) is 3.38. The number of aromatic nitrogens is 2. The highest BCUT2D eigenvalue weighted by Gasteiger charge is 2.17. The van der Waals surface area contributed by atoms with E-state index < -0.39 is 6.04 Å². The first-order chi connectivity index (χ1) is 14.0. The lowest BCUT2D eigenvalue weighted by Crippen LogP contribution is -2.34. The van der Waals surface area contributed by atoms with Gasteiger partial charge in [0.15, 0.2) is 0 Å². The van der Waals surface area contributed by atoms with Gasteiger partial charge in [-0.15, -0.1) is 0 Å². The molecule has 7 heteroatoms. The monoisotopic (exact) mass is 394 g/mol. The van der Waals surface area contributed by atoms with E-state index >= 15 is 0 Å². The van der Waals surface area contributed by atoms with E-state index in [0.29, 0.717) is 13.1 Å². The lowest BCUT2D eigenvalue weighted by molar-refractivity contribution is -0.122. The van der Waals surface area contributed by atoms with Gasteiger partial charge in [0.1, 0.15) is 11.6 Å². The van der Waals surface area contributed by atoms with Crippen LogP contribution in [0.4, 0.5) is 0 Å². The molecule has 152 valence electrons. The van der Waals surface area contributed by atoms with Crippen LogP contribution in [0.1, 0.15) is 30.8 Å². The van der Waals surface area contributed by atoms with Crippen molar-refractivity contribution in [1.82, 2.24) is 20.2 Å². The molecule has 0 radical (unpaired) electrons. The molecule has 3 aromatic rings. The number of methoxy groups -OCH3 is 1. The molecule has 0 aliphatic heterocycles. The first kappa shape index (κ1) is 20.4. The van der Waals surface area contributed by atoms with Gasteiger partial charge in [-0.3, -0.25) is 9.59 Å². The summed E-state index contributed by atoms with van der Waals surface area (Å²) in [5.74, 6) is 1.33. The molecule has 0 bridgehead atoms. The smallest absolute Gasteiger partial charge is 0.222 e. The molecule has 0 aliphatic rings. The molecule has 1 unspecified atom stereocenters. The normalized spacial score (nSPS) is 11.8. The summed E-state index contributed by atoms with van der Waals surface area (Å²) in [4.78, 5) is 28.6. The summed E-state index contributed by atoms with van der Waals surface area (Å²) in [6, 6.07) is 14.9. The molecule has 0 saturated heterocycles. The van der Waals surface area contributed by atoms with Crippen LogP contribution in [0.3, 0.4) is 0 Å². The van der Waals surface area contributed by atoms with E-state index in [0.717, 1.165) is 28.2 Å². The van der Waals surface area contributed by atoms with Crippen molar-refractivity contribution < 1.29 is 14.3 Å². The molecule has 2 amide bonds. The molecule has 2 N–H and O–H groups in total. The van der Waals surface area contributed by atoms with Gasteiger partial charge in [0.25, 0.3) is 0 Å². The van der Waals surface area contributed by atoms with E-state index in [1.165, 1.54) is 6.92 Å². The van der Waals surface area contributed by atoms with E-state index in [-0.39, 0.29) is 18.2 Å². The Morgan fingerprint density at radius 3 is 2.55 bits per heavy atom. The Bertz CT molecular complexity index is 995.